The zero-order valence-corrected chi connectivity index (χ0v) is 16.8. The van der Waals surface area contributed by atoms with Crippen molar-refractivity contribution in [1.29, 1.82) is 0 Å². The summed E-state index contributed by atoms with van der Waals surface area (Å²) >= 11 is 0. The Morgan fingerprint density at radius 2 is 1.83 bits per heavy atom. The van der Waals surface area contributed by atoms with E-state index in [1.165, 1.54) is 23.1 Å². The summed E-state index contributed by atoms with van der Waals surface area (Å²) in [5, 5.41) is 3.03. The number of ether oxygens (including phenoxy) is 2. The Balaban J connectivity index is 1.27. The summed E-state index contributed by atoms with van der Waals surface area (Å²) in [6.07, 6.45) is 5.43. The minimum Gasteiger partial charge on any atom is -0.482 e. The van der Waals surface area contributed by atoms with Crippen LogP contribution < -0.4 is 10.1 Å². The number of hydrogen-bond acceptors (Lipinski definition) is 4. The lowest BCUT2D eigenvalue weighted by molar-refractivity contribution is -0.156. The predicted octanol–water partition coefficient (Wildman–Crippen LogP) is 3.68. The molecule has 0 aliphatic heterocycles. The average molecular weight is 393 g/mol. The molecule has 2 aliphatic rings. The fourth-order valence-electron chi connectivity index (χ4n) is 4.26. The first-order valence-electron chi connectivity index (χ1n) is 10.4. The van der Waals surface area contributed by atoms with E-state index in [0.717, 1.165) is 37.7 Å². The lowest BCUT2D eigenvalue weighted by Gasteiger charge is -2.27. The second kappa shape index (κ2) is 8.68. The van der Waals surface area contributed by atoms with Crippen LogP contribution in [0.1, 0.15) is 54.5 Å². The van der Waals surface area contributed by atoms with Crippen molar-refractivity contribution in [2.75, 3.05) is 6.61 Å². The highest BCUT2D eigenvalue weighted by molar-refractivity contribution is 5.84. The number of rotatable bonds is 6. The summed E-state index contributed by atoms with van der Waals surface area (Å²) in [5.74, 6) is -0.159. The molecule has 4 rings (SSSR count). The molecule has 152 valence electrons. The summed E-state index contributed by atoms with van der Waals surface area (Å²) < 4.78 is 10.8. The maximum atomic E-state index is 12.5. The lowest BCUT2D eigenvalue weighted by atomic mass is 9.87. The van der Waals surface area contributed by atoms with Gasteiger partial charge in [-0.1, -0.05) is 30.3 Å². The van der Waals surface area contributed by atoms with Gasteiger partial charge in [0, 0.05) is 0 Å². The van der Waals surface area contributed by atoms with E-state index in [-0.39, 0.29) is 18.6 Å². The largest absolute Gasteiger partial charge is 0.482 e. The third kappa shape index (κ3) is 4.61. The van der Waals surface area contributed by atoms with E-state index >= 15 is 0 Å². The van der Waals surface area contributed by atoms with Crippen molar-refractivity contribution in [3.8, 4) is 5.75 Å². The van der Waals surface area contributed by atoms with Crippen molar-refractivity contribution >= 4 is 11.9 Å². The summed E-state index contributed by atoms with van der Waals surface area (Å²) in [6.45, 7) is 1.39. The molecule has 0 aromatic heterocycles. The minimum atomic E-state index is -0.861. The van der Waals surface area contributed by atoms with Crippen LogP contribution >= 0.6 is 0 Å². The first kappa shape index (κ1) is 19.5. The molecule has 0 saturated carbocycles. The Kier molecular flexibility index (Phi) is 5.84. The summed E-state index contributed by atoms with van der Waals surface area (Å²) in [5.41, 5.74) is 5.08. The van der Waals surface area contributed by atoms with Gasteiger partial charge in [0.05, 0.1) is 6.04 Å². The average Bonchev–Trinajstić information content (AvgIpc) is 3.20. The van der Waals surface area contributed by atoms with Gasteiger partial charge in [-0.3, -0.25) is 4.79 Å². The van der Waals surface area contributed by atoms with Crippen LogP contribution in [0.15, 0.2) is 42.5 Å². The number of amides is 1. The highest BCUT2D eigenvalue weighted by Crippen LogP contribution is 2.29. The van der Waals surface area contributed by atoms with Gasteiger partial charge in [0.1, 0.15) is 5.75 Å². The van der Waals surface area contributed by atoms with Crippen LogP contribution in [0.3, 0.4) is 0 Å². The highest BCUT2D eigenvalue weighted by Gasteiger charge is 2.25. The molecule has 0 bridgehead atoms. The quantitative estimate of drug-likeness (QED) is 0.761. The third-order valence-corrected chi connectivity index (χ3v) is 5.79. The molecule has 1 amide bonds. The van der Waals surface area contributed by atoms with Crippen molar-refractivity contribution in [2.45, 2.75) is 57.6 Å². The number of esters is 1. The molecule has 2 aliphatic carbocycles. The minimum absolute atomic E-state index is 0.0312. The molecule has 29 heavy (non-hydrogen) atoms. The molecular weight excluding hydrogens is 366 g/mol. The normalized spacial score (nSPS) is 18.3. The zero-order chi connectivity index (χ0) is 20.2. The smallest absolute Gasteiger partial charge is 0.344 e. The van der Waals surface area contributed by atoms with Gasteiger partial charge in [0.2, 0.25) is 0 Å². The fraction of sp³-hybridized carbons (Fsp3) is 0.417. The Morgan fingerprint density at radius 3 is 2.72 bits per heavy atom. The van der Waals surface area contributed by atoms with Gasteiger partial charge in [-0.15, -0.1) is 0 Å². The fourth-order valence-corrected chi connectivity index (χ4v) is 4.26. The molecule has 5 nitrogen and oxygen atoms in total. The molecule has 0 radical (unpaired) electrons. The highest BCUT2D eigenvalue weighted by atomic mass is 16.6. The number of benzene rings is 2. The van der Waals surface area contributed by atoms with Crippen LogP contribution in [0.5, 0.6) is 5.75 Å². The molecule has 2 aromatic rings. The summed E-state index contributed by atoms with van der Waals surface area (Å²) in [7, 11) is 0. The van der Waals surface area contributed by atoms with Gasteiger partial charge in [-0.2, -0.15) is 0 Å². The Hall–Kier alpha value is -2.82. The second-order valence-corrected chi connectivity index (χ2v) is 7.86. The van der Waals surface area contributed by atoms with E-state index in [9.17, 15) is 9.59 Å². The van der Waals surface area contributed by atoms with Gasteiger partial charge in [0.15, 0.2) is 12.7 Å². The molecule has 1 N–H and O–H groups in total. The van der Waals surface area contributed by atoms with Gasteiger partial charge in [-0.25, -0.2) is 4.79 Å². The molecule has 0 heterocycles. The monoisotopic (exact) mass is 393 g/mol. The molecular formula is C24H27NO4. The molecule has 2 atom stereocenters. The second-order valence-electron chi connectivity index (χ2n) is 7.86. The van der Waals surface area contributed by atoms with E-state index < -0.39 is 12.1 Å². The number of fused-ring (bicyclic) bond motifs is 2. The predicted molar refractivity (Wildman–Crippen MR) is 110 cm³/mol. The molecule has 0 fully saturated rings. The van der Waals surface area contributed by atoms with Crippen LogP contribution in [0, 0.1) is 0 Å². The Bertz CT molecular complexity index is 908. The summed E-state index contributed by atoms with van der Waals surface area (Å²) in [4.78, 5) is 24.7. The molecule has 0 saturated heterocycles. The lowest BCUT2D eigenvalue weighted by Crippen LogP contribution is -2.39. The topological polar surface area (TPSA) is 64.6 Å². The van der Waals surface area contributed by atoms with Crippen molar-refractivity contribution in [2.24, 2.45) is 0 Å². The number of hydrogen-bond donors (Lipinski definition) is 1. The van der Waals surface area contributed by atoms with Crippen molar-refractivity contribution in [3.63, 3.8) is 0 Å². The van der Waals surface area contributed by atoms with Crippen molar-refractivity contribution in [3.05, 3.63) is 64.7 Å². The van der Waals surface area contributed by atoms with Crippen LogP contribution in [-0.4, -0.2) is 24.6 Å². The van der Waals surface area contributed by atoms with Crippen LogP contribution in [0.25, 0.3) is 0 Å². The Labute approximate surface area is 171 Å². The first-order chi connectivity index (χ1) is 14.1. The van der Waals surface area contributed by atoms with Crippen LogP contribution in [0.2, 0.25) is 0 Å². The Morgan fingerprint density at radius 1 is 1.03 bits per heavy atom. The van der Waals surface area contributed by atoms with E-state index in [4.69, 9.17) is 9.47 Å². The molecule has 0 spiro atoms. The van der Waals surface area contributed by atoms with Gasteiger partial charge in [-0.05, 0) is 79.8 Å². The zero-order valence-electron chi connectivity index (χ0n) is 16.8. The molecule has 0 unspecified atom stereocenters. The number of carbonyl (C=O) groups is 2. The van der Waals surface area contributed by atoms with Gasteiger partial charge in [0.25, 0.3) is 5.91 Å². The maximum absolute atomic E-state index is 12.5. The van der Waals surface area contributed by atoms with E-state index in [1.807, 2.05) is 24.3 Å². The number of aryl methyl sites for hydroxylation is 3. The van der Waals surface area contributed by atoms with E-state index in [0.29, 0.717) is 5.75 Å². The first-order valence-corrected chi connectivity index (χ1v) is 10.4. The van der Waals surface area contributed by atoms with E-state index in [1.54, 1.807) is 6.92 Å². The summed E-state index contributed by atoms with van der Waals surface area (Å²) in [6, 6.07) is 14.1. The van der Waals surface area contributed by atoms with Crippen molar-refractivity contribution < 1.29 is 19.1 Å². The number of carbonyl (C=O) groups excluding carboxylic acids is 2. The van der Waals surface area contributed by atoms with Gasteiger partial charge < -0.3 is 14.8 Å². The van der Waals surface area contributed by atoms with Crippen LogP contribution in [0.4, 0.5) is 0 Å². The SMILES string of the molecule is C[C@@H](OC(=O)COc1ccc2c(c1)CCC2)C(=O)N[C@@H]1CCCc2ccccc21. The van der Waals surface area contributed by atoms with Crippen LogP contribution in [-0.2, 0) is 33.6 Å². The van der Waals surface area contributed by atoms with Gasteiger partial charge >= 0.3 is 5.97 Å². The standard InChI is InChI=1S/C24H27NO4/c1-16(24(27)25-22-11-5-8-18-6-2-3-10-21(18)22)29-23(26)15-28-20-13-12-17-7-4-9-19(17)14-20/h2-3,6,10,12-14,16,22H,4-5,7-9,11,15H2,1H3,(H,25,27)/t16-,22-/m1/s1. The van der Waals surface area contributed by atoms with E-state index in [2.05, 4.69) is 23.5 Å². The molecule has 5 heteroatoms. The third-order valence-electron chi connectivity index (χ3n) is 5.79. The maximum Gasteiger partial charge on any atom is 0.344 e. The molecule has 2 aromatic carbocycles. The van der Waals surface area contributed by atoms with Crippen molar-refractivity contribution in [1.82, 2.24) is 5.32 Å². The number of nitrogens with one attached hydrogen (secondary N) is 1.